The third kappa shape index (κ3) is 4.70. The first-order chi connectivity index (χ1) is 9.63. The average Bonchev–Trinajstić information content (AvgIpc) is 2.46. The lowest BCUT2D eigenvalue weighted by atomic mass is 10.1. The van der Waals surface area contributed by atoms with Gasteiger partial charge in [-0.2, -0.15) is 0 Å². The summed E-state index contributed by atoms with van der Waals surface area (Å²) in [7, 11) is 0. The number of nitrogens with one attached hydrogen (secondary N) is 1. The van der Waals surface area contributed by atoms with Crippen molar-refractivity contribution in [3.05, 3.63) is 64.1 Å². The van der Waals surface area contributed by atoms with Gasteiger partial charge >= 0.3 is 0 Å². The minimum absolute atomic E-state index is 0.0213. The van der Waals surface area contributed by atoms with E-state index in [9.17, 15) is 4.79 Å². The summed E-state index contributed by atoms with van der Waals surface area (Å²) >= 11 is 3.35. The smallest absolute Gasteiger partial charge is 0.258 e. The van der Waals surface area contributed by atoms with Crippen LogP contribution < -0.4 is 10.1 Å². The standard InChI is InChI=1S/C16H16BrNO2/c1-12-2-4-13(5-3-12)10-18-16(19)11-20-15-8-6-14(17)7-9-15/h2-9H,10-11H2,1H3,(H,18,19). The third-order valence-electron chi connectivity index (χ3n) is 2.79. The van der Waals surface area contributed by atoms with Crippen LogP contribution in [-0.4, -0.2) is 12.5 Å². The van der Waals surface area contributed by atoms with Crippen molar-refractivity contribution < 1.29 is 9.53 Å². The van der Waals surface area contributed by atoms with E-state index in [2.05, 4.69) is 21.2 Å². The number of carbonyl (C=O) groups is 1. The van der Waals surface area contributed by atoms with Crippen LogP contribution in [0.15, 0.2) is 53.0 Å². The first-order valence-corrected chi connectivity index (χ1v) is 7.13. The normalized spacial score (nSPS) is 10.1. The van der Waals surface area contributed by atoms with Gasteiger partial charge in [0.05, 0.1) is 0 Å². The number of halogens is 1. The molecular weight excluding hydrogens is 318 g/mol. The van der Waals surface area contributed by atoms with Crippen LogP contribution in [0.3, 0.4) is 0 Å². The second-order valence-corrected chi connectivity index (χ2v) is 5.42. The number of carbonyl (C=O) groups excluding carboxylic acids is 1. The molecule has 104 valence electrons. The molecule has 0 heterocycles. The molecule has 0 atom stereocenters. The maximum atomic E-state index is 11.7. The fourth-order valence-corrected chi connectivity index (χ4v) is 1.90. The number of benzene rings is 2. The molecule has 1 amide bonds. The minimum atomic E-state index is -0.131. The summed E-state index contributed by atoms with van der Waals surface area (Å²) in [5, 5.41) is 2.83. The molecule has 0 bridgehead atoms. The van der Waals surface area contributed by atoms with Crippen molar-refractivity contribution in [1.82, 2.24) is 5.32 Å². The van der Waals surface area contributed by atoms with Crippen molar-refractivity contribution in [2.24, 2.45) is 0 Å². The molecule has 0 unspecified atom stereocenters. The molecule has 0 radical (unpaired) electrons. The third-order valence-corrected chi connectivity index (χ3v) is 3.32. The molecule has 2 rings (SSSR count). The fourth-order valence-electron chi connectivity index (χ4n) is 1.64. The molecule has 1 N–H and O–H groups in total. The molecule has 2 aromatic carbocycles. The predicted molar refractivity (Wildman–Crippen MR) is 82.7 cm³/mol. The van der Waals surface area contributed by atoms with Gasteiger partial charge in [-0.1, -0.05) is 45.8 Å². The number of ether oxygens (including phenoxy) is 1. The van der Waals surface area contributed by atoms with E-state index < -0.39 is 0 Å². The molecule has 0 aromatic heterocycles. The van der Waals surface area contributed by atoms with Crippen LogP contribution in [0.5, 0.6) is 5.75 Å². The number of rotatable bonds is 5. The Hall–Kier alpha value is -1.81. The van der Waals surface area contributed by atoms with Crippen LogP contribution in [0.1, 0.15) is 11.1 Å². The van der Waals surface area contributed by atoms with Crippen molar-refractivity contribution >= 4 is 21.8 Å². The van der Waals surface area contributed by atoms with Crippen molar-refractivity contribution in [2.75, 3.05) is 6.61 Å². The van der Waals surface area contributed by atoms with E-state index in [4.69, 9.17) is 4.74 Å². The van der Waals surface area contributed by atoms with Crippen LogP contribution in [-0.2, 0) is 11.3 Å². The highest BCUT2D eigenvalue weighted by molar-refractivity contribution is 9.10. The quantitative estimate of drug-likeness (QED) is 0.910. The van der Waals surface area contributed by atoms with Crippen LogP contribution in [0.25, 0.3) is 0 Å². The topological polar surface area (TPSA) is 38.3 Å². The van der Waals surface area contributed by atoms with Gasteiger partial charge in [-0.15, -0.1) is 0 Å². The van der Waals surface area contributed by atoms with Gasteiger partial charge in [0.1, 0.15) is 5.75 Å². The first-order valence-electron chi connectivity index (χ1n) is 6.34. The molecule has 0 aliphatic carbocycles. The van der Waals surface area contributed by atoms with Gasteiger partial charge in [-0.25, -0.2) is 0 Å². The molecular formula is C16H16BrNO2. The summed E-state index contributed by atoms with van der Waals surface area (Å²) in [5.41, 5.74) is 2.28. The van der Waals surface area contributed by atoms with Gasteiger partial charge in [0, 0.05) is 11.0 Å². The summed E-state index contributed by atoms with van der Waals surface area (Å²) < 4.78 is 6.38. The molecule has 20 heavy (non-hydrogen) atoms. The maximum Gasteiger partial charge on any atom is 0.258 e. The summed E-state index contributed by atoms with van der Waals surface area (Å²) in [6.45, 7) is 2.57. The van der Waals surface area contributed by atoms with Gasteiger partial charge < -0.3 is 10.1 Å². The van der Waals surface area contributed by atoms with E-state index in [-0.39, 0.29) is 12.5 Å². The lowest BCUT2D eigenvalue weighted by molar-refractivity contribution is -0.123. The van der Waals surface area contributed by atoms with Gasteiger partial charge in [0.25, 0.3) is 5.91 Å². The van der Waals surface area contributed by atoms with Crippen LogP contribution in [0.2, 0.25) is 0 Å². The Balaban J connectivity index is 1.75. The van der Waals surface area contributed by atoms with Crippen molar-refractivity contribution in [1.29, 1.82) is 0 Å². The van der Waals surface area contributed by atoms with E-state index in [1.54, 1.807) is 0 Å². The lowest BCUT2D eigenvalue weighted by Crippen LogP contribution is -2.28. The van der Waals surface area contributed by atoms with Gasteiger partial charge in [0.2, 0.25) is 0 Å². The van der Waals surface area contributed by atoms with E-state index in [0.717, 1.165) is 10.0 Å². The minimum Gasteiger partial charge on any atom is -0.484 e. The zero-order valence-electron chi connectivity index (χ0n) is 11.2. The van der Waals surface area contributed by atoms with Crippen molar-refractivity contribution in [3.63, 3.8) is 0 Å². The zero-order valence-corrected chi connectivity index (χ0v) is 12.8. The summed E-state index contributed by atoms with van der Waals surface area (Å²) in [4.78, 5) is 11.7. The highest BCUT2D eigenvalue weighted by Crippen LogP contribution is 2.15. The van der Waals surface area contributed by atoms with Crippen LogP contribution in [0, 0.1) is 6.92 Å². The second kappa shape index (κ2) is 7.10. The van der Waals surface area contributed by atoms with E-state index in [0.29, 0.717) is 12.3 Å². The summed E-state index contributed by atoms with van der Waals surface area (Å²) in [6.07, 6.45) is 0. The zero-order chi connectivity index (χ0) is 14.4. The Kier molecular flexibility index (Phi) is 5.18. The highest BCUT2D eigenvalue weighted by atomic mass is 79.9. The SMILES string of the molecule is Cc1ccc(CNC(=O)COc2ccc(Br)cc2)cc1. The number of aryl methyl sites for hydroxylation is 1. The highest BCUT2D eigenvalue weighted by Gasteiger charge is 2.02. The first kappa shape index (κ1) is 14.6. The predicted octanol–water partition coefficient (Wildman–Crippen LogP) is 3.45. The van der Waals surface area contributed by atoms with E-state index in [1.165, 1.54) is 5.56 Å². The van der Waals surface area contributed by atoms with Crippen molar-refractivity contribution in [2.45, 2.75) is 13.5 Å². The Morgan fingerprint density at radius 1 is 1.10 bits per heavy atom. The molecule has 2 aromatic rings. The number of hydrogen-bond acceptors (Lipinski definition) is 2. The van der Waals surface area contributed by atoms with Crippen LogP contribution >= 0.6 is 15.9 Å². The molecule has 0 fully saturated rings. The Bertz CT molecular complexity index is 513. The molecule has 0 saturated carbocycles. The molecule has 3 nitrogen and oxygen atoms in total. The monoisotopic (exact) mass is 333 g/mol. The Labute approximate surface area is 127 Å². The summed E-state index contributed by atoms with van der Waals surface area (Å²) in [6, 6.07) is 15.4. The molecule has 0 saturated heterocycles. The molecule has 0 aliphatic heterocycles. The second-order valence-electron chi connectivity index (χ2n) is 4.50. The van der Waals surface area contributed by atoms with Gasteiger partial charge in [-0.05, 0) is 36.8 Å². The van der Waals surface area contributed by atoms with E-state index >= 15 is 0 Å². The van der Waals surface area contributed by atoms with Gasteiger partial charge in [0.15, 0.2) is 6.61 Å². The Morgan fingerprint density at radius 3 is 2.40 bits per heavy atom. The van der Waals surface area contributed by atoms with Crippen LogP contribution in [0.4, 0.5) is 0 Å². The fraction of sp³-hybridized carbons (Fsp3) is 0.188. The van der Waals surface area contributed by atoms with Crippen molar-refractivity contribution in [3.8, 4) is 5.75 Å². The summed E-state index contributed by atoms with van der Waals surface area (Å²) in [5.74, 6) is 0.548. The number of hydrogen-bond donors (Lipinski definition) is 1. The molecule has 4 heteroatoms. The van der Waals surface area contributed by atoms with E-state index in [1.807, 2.05) is 55.5 Å². The Morgan fingerprint density at radius 2 is 1.75 bits per heavy atom. The lowest BCUT2D eigenvalue weighted by Gasteiger charge is -2.08. The van der Waals surface area contributed by atoms with Gasteiger partial charge in [-0.3, -0.25) is 4.79 Å². The molecule has 0 aliphatic rings. The maximum absolute atomic E-state index is 11.7. The molecule has 0 spiro atoms. The largest absolute Gasteiger partial charge is 0.484 e. The number of amides is 1. The average molecular weight is 334 g/mol.